The van der Waals surface area contributed by atoms with E-state index in [1.165, 1.54) is 0 Å². The molecule has 1 aliphatic heterocycles. The van der Waals surface area contributed by atoms with Crippen LogP contribution in [-0.4, -0.2) is 36.9 Å². The Morgan fingerprint density at radius 1 is 1.24 bits per heavy atom. The van der Waals surface area contributed by atoms with Crippen LogP contribution in [-0.2, 0) is 9.59 Å². The Hall–Kier alpha value is -1.82. The van der Waals surface area contributed by atoms with Crippen LogP contribution in [0.3, 0.4) is 0 Å². The van der Waals surface area contributed by atoms with Crippen molar-refractivity contribution < 1.29 is 9.59 Å². The number of aliphatic imine (C=N–C) groups is 1. The molecule has 0 aromatic rings. The van der Waals surface area contributed by atoms with Crippen LogP contribution >= 0.6 is 12.6 Å². The fourth-order valence-corrected chi connectivity index (χ4v) is 1.71. The van der Waals surface area contributed by atoms with Crippen molar-refractivity contribution >= 4 is 30.7 Å². The number of amides is 2. The number of nitrogens with zero attached hydrogens (tertiary/aromatic N) is 1. The Morgan fingerprint density at radius 3 is 2.86 bits per heavy atom. The minimum absolute atomic E-state index is 0.0793. The Kier molecular flexibility index (Phi) is 8.95. The summed E-state index contributed by atoms with van der Waals surface area (Å²) in [4.78, 5) is 27.0. The fourth-order valence-electron chi connectivity index (χ4n) is 1.60. The standard InChI is InChI=1S/C15H21N3O2S/c19-14(8-6-10-17-15(20)12-21)18-13-7-4-2-1-3-5-9-16-11-13/h1-3,5,7,11,21H,4,6,8-10,12H2,(H,17,20)(H,18,19)/b2-1-,5-3-,13-7+,16-11-. The van der Waals surface area contributed by atoms with Gasteiger partial charge in [-0.1, -0.05) is 30.4 Å². The second-order valence-electron chi connectivity index (χ2n) is 4.41. The summed E-state index contributed by atoms with van der Waals surface area (Å²) in [5.74, 6) is -0.0394. The predicted molar refractivity (Wildman–Crippen MR) is 88.6 cm³/mol. The van der Waals surface area contributed by atoms with E-state index in [0.29, 0.717) is 31.6 Å². The van der Waals surface area contributed by atoms with E-state index >= 15 is 0 Å². The molecule has 5 nitrogen and oxygen atoms in total. The second-order valence-corrected chi connectivity index (χ2v) is 4.72. The molecule has 0 unspecified atom stereocenters. The highest BCUT2D eigenvalue weighted by Crippen LogP contribution is 1.97. The van der Waals surface area contributed by atoms with E-state index in [1.54, 1.807) is 6.21 Å². The number of carbonyl (C=O) groups is 2. The lowest BCUT2D eigenvalue weighted by molar-refractivity contribution is -0.121. The van der Waals surface area contributed by atoms with E-state index < -0.39 is 0 Å². The maximum Gasteiger partial charge on any atom is 0.229 e. The first kappa shape index (κ1) is 17.2. The normalized spacial score (nSPS) is 21.5. The van der Waals surface area contributed by atoms with E-state index in [1.807, 2.05) is 30.4 Å². The van der Waals surface area contributed by atoms with Gasteiger partial charge in [0.15, 0.2) is 0 Å². The number of allylic oxidation sites excluding steroid dienone is 5. The summed E-state index contributed by atoms with van der Waals surface area (Å²) in [6.45, 7) is 1.07. The minimum atomic E-state index is -0.124. The molecule has 0 saturated heterocycles. The monoisotopic (exact) mass is 307 g/mol. The first-order valence-corrected chi connectivity index (χ1v) is 7.54. The molecule has 2 N–H and O–H groups in total. The van der Waals surface area contributed by atoms with Gasteiger partial charge in [-0.15, -0.1) is 0 Å². The van der Waals surface area contributed by atoms with E-state index in [0.717, 1.165) is 6.42 Å². The van der Waals surface area contributed by atoms with Crippen molar-refractivity contribution in [1.29, 1.82) is 0 Å². The number of hydrogen-bond donors (Lipinski definition) is 3. The summed E-state index contributed by atoms with van der Waals surface area (Å²) < 4.78 is 0. The maximum absolute atomic E-state index is 11.8. The lowest BCUT2D eigenvalue weighted by Crippen LogP contribution is -2.28. The molecule has 0 aromatic heterocycles. The van der Waals surface area contributed by atoms with E-state index in [4.69, 9.17) is 0 Å². The van der Waals surface area contributed by atoms with Gasteiger partial charge in [-0.2, -0.15) is 12.6 Å². The molecule has 114 valence electrons. The lowest BCUT2D eigenvalue weighted by atomic mass is 10.2. The molecule has 6 heteroatoms. The largest absolute Gasteiger partial charge is 0.355 e. The molecule has 21 heavy (non-hydrogen) atoms. The molecule has 0 bridgehead atoms. The second kappa shape index (κ2) is 10.9. The van der Waals surface area contributed by atoms with Gasteiger partial charge < -0.3 is 10.6 Å². The molecule has 0 radical (unpaired) electrons. The minimum Gasteiger partial charge on any atom is -0.355 e. The van der Waals surface area contributed by atoms with Gasteiger partial charge in [0.05, 0.1) is 18.0 Å². The van der Waals surface area contributed by atoms with Crippen LogP contribution in [0.2, 0.25) is 0 Å². The number of carbonyl (C=O) groups excluding carboxylic acids is 2. The van der Waals surface area contributed by atoms with Crippen molar-refractivity contribution in [3.63, 3.8) is 0 Å². The van der Waals surface area contributed by atoms with Crippen molar-refractivity contribution in [2.45, 2.75) is 19.3 Å². The Labute approximate surface area is 130 Å². The highest BCUT2D eigenvalue weighted by molar-refractivity contribution is 7.81. The molecule has 0 fully saturated rings. The van der Waals surface area contributed by atoms with E-state index in [-0.39, 0.29) is 17.6 Å². The molecule has 1 rings (SSSR count). The molecule has 0 aromatic carbocycles. The maximum atomic E-state index is 11.8. The first-order chi connectivity index (χ1) is 10.2. The van der Waals surface area contributed by atoms with Gasteiger partial charge in [0.25, 0.3) is 0 Å². The molecule has 0 aliphatic carbocycles. The quantitative estimate of drug-likeness (QED) is 0.513. The average Bonchev–Trinajstić information content (AvgIpc) is 2.50. The molecule has 1 aliphatic rings. The van der Waals surface area contributed by atoms with Crippen LogP contribution in [0.4, 0.5) is 0 Å². The summed E-state index contributed by atoms with van der Waals surface area (Å²) in [5, 5.41) is 5.50. The highest BCUT2D eigenvalue weighted by Gasteiger charge is 2.04. The smallest absolute Gasteiger partial charge is 0.229 e. The third-order valence-electron chi connectivity index (χ3n) is 2.63. The van der Waals surface area contributed by atoms with Crippen molar-refractivity contribution in [3.8, 4) is 0 Å². The summed E-state index contributed by atoms with van der Waals surface area (Å²) in [6, 6.07) is 0. The third-order valence-corrected chi connectivity index (χ3v) is 2.92. The summed E-state index contributed by atoms with van der Waals surface area (Å²) in [5.41, 5.74) is 0.708. The van der Waals surface area contributed by atoms with Gasteiger partial charge in [0, 0.05) is 19.2 Å². The van der Waals surface area contributed by atoms with Crippen LogP contribution in [0.1, 0.15) is 19.3 Å². The van der Waals surface area contributed by atoms with Crippen LogP contribution < -0.4 is 10.6 Å². The lowest BCUT2D eigenvalue weighted by Gasteiger charge is -2.06. The zero-order chi connectivity index (χ0) is 15.3. The zero-order valence-corrected chi connectivity index (χ0v) is 12.8. The fraction of sp³-hybridized carbons (Fsp3) is 0.400. The van der Waals surface area contributed by atoms with Crippen LogP contribution in [0.25, 0.3) is 0 Å². The van der Waals surface area contributed by atoms with Crippen LogP contribution in [0.5, 0.6) is 0 Å². The molecular weight excluding hydrogens is 286 g/mol. The van der Waals surface area contributed by atoms with E-state index in [9.17, 15) is 9.59 Å². The Morgan fingerprint density at radius 2 is 2.05 bits per heavy atom. The molecule has 0 spiro atoms. The average molecular weight is 307 g/mol. The van der Waals surface area contributed by atoms with Crippen molar-refractivity contribution in [1.82, 2.24) is 10.6 Å². The summed E-state index contributed by atoms with van der Waals surface area (Å²) in [7, 11) is 0. The Balaban J connectivity index is 2.33. The van der Waals surface area contributed by atoms with Gasteiger partial charge in [0.1, 0.15) is 0 Å². The third kappa shape index (κ3) is 8.86. The molecule has 0 saturated carbocycles. The first-order valence-electron chi connectivity index (χ1n) is 6.91. The van der Waals surface area contributed by atoms with Gasteiger partial charge in [-0.25, -0.2) is 0 Å². The molecule has 0 atom stereocenters. The number of hydrogen-bond acceptors (Lipinski definition) is 4. The van der Waals surface area contributed by atoms with Crippen molar-refractivity contribution in [2.24, 2.45) is 4.99 Å². The van der Waals surface area contributed by atoms with Gasteiger partial charge in [0.2, 0.25) is 11.8 Å². The number of nitrogens with one attached hydrogen (secondary N) is 2. The highest BCUT2D eigenvalue weighted by atomic mass is 32.1. The van der Waals surface area contributed by atoms with Crippen LogP contribution in [0, 0.1) is 0 Å². The number of thiol groups is 1. The number of rotatable bonds is 6. The van der Waals surface area contributed by atoms with Crippen LogP contribution in [0.15, 0.2) is 41.1 Å². The molecular formula is C15H21N3O2S. The molecule has 1 heterocycles. The van der Waals surface area contributed by atoms with Crippen molar-refractivity contribution in [3.05, 3.63) is 36.1 Å². The van der Waals surface area contributed by atoms with Crippen molar-refractivity contribution in [2.75, 3.05) is 18.8 Å². The summed E-state index contributed by atoms with van der Waals surface area (Å²) >= 11 is 3.86. The van der Waals surface area contributed by atoms with Gasteiger partial charge in [-0.05, 0) is 12.8 Å². The summed E-state index contributed by atoms with van der Waals surface area (Å²) in [6.07, 6.45) is 13.1. The Bertz CT molecular complexity index is 468. The molecule has 2 amide bonds. The zero-order valence-electron chi connectivity index (χ0n) is 11.9. The SMILES string of the molecule is O=C(CS)NCCCC(=O)NC1=C/C/C=C\C=C/C/N=C\1. The van der Waals surface area contributed by atoms with E-state index in [2.05, 4.69) is 28.3 Å². The van der Waals surface area contributed by atoms with Gasteiger partial charge in [-0.3, -0.25) is 14.6 Å². The van der Waals surface area contributed by atoms with Gasteiger partial charge >= 0.3 is 0 Å². The topological polar surface area (TPSA) is 70.6 Å². The predicted octanol–water partition coefficient (Wildman–Crippen LogP) is 1.40.